The van der Waals surface area contributed by atoms with Gasteiger partial charge in [-0.25, -0.2) is 4.98 Å². The van der Waals surface area contributed by atoms with Crippen molar-refractivity contribution in [3.63, 3.8) is 0 Å². The van der Waals surface area contributed by atoms with Crippen LogP contribution in [0.15, 0.2) is 18.2 Å². The Morgan fingerprint density at radius 3 is 3.00 bits per heavy atom. The molecule has 0 aromatic carbocycles. The van der Waals surface area contributed by atoms with Gasteiger partial charge < -0.3 is 9.47 Å². The zero-order valence-electron chi connectivity index (χ0n) is 7.12. The molecule has 3 heteroatoms. The van der Waals surface area contributed by atoms with Crippen LogP contribution in [0.4, 0.5) is 0 Å². The summed E-state index contributed by atoms with van der Waals surface area (Å²) < 4.78 is 10.0. The van der Waals surface area contributed by atoms with E-state index in [1.165, 1.54) is 0 Å². The summed E-state index contributed by atoms with van der Waals surface area (Å²) in [6, 6.07) is 5.57. The van der Waals surface area contributed by atoms with Gasteiger partial charge in [-0.15, -0.1) is 0 Å². The molecule has 0 N–H and O–H groups in total. The highest BCUT2D eigenvalue weighted by molar-refractivity contribution is 5.15. The Morgan fingerprint density at radius 2 is 2.33 bits per heavy atom. The molecular formula is C9H12NO2. The topological polar surface area (TPSA) is 31.4 Å². The molecule has 0 fully saturated rings. The number of hydrogen-bond acceptors (Lipinski definition) is 3. The SMILES string of the molecule is [CH2]COc1cccc(COC)n1. The number of hydrogen-bond donors (Lipinski definition) is 0. The van der Waals surface area contributed by atoms with E-state index in [0.717, 1.165) is 5.69 Å². The van der Waals surface area contributed by atoms with Crippen molar-refractivity contribution >= 4 is 0 Å². The van der Waals surface area contributed by atoms with Gasteiger partial charge in [0, 0.05) is 13.2 Å². The maximum atomic E-state index is 5.12. The van der Waals surface area contributed by atoms with E-state index >= 15 is 0 Å². The molecule has 12 heavy (non-hydrogen) atoms. The summed E-state index contributed by atoms with van der Waals surface area (Å²) in [5.74, 6) is 0.597. The fraction of sp³-hybridized carbons (Fsp3) is 0.333. The molecule has 0 unspecified atom stereocenters. The molecular weight excluding hydrogens is 154 g/mol. The highest BCUT2D eigenvalue weighted by Gasteiger charge is 1.96. The molecule has 0 amide bonds. The summed E-state index contributed by atoms with van der Waals surface area (Å²) in [5.41, 5.74) is 0.864. The van der Waals surface area contributed by atoms with Crippen LogP contribution >= 0.6 is 0 Å². The minimum atomic E-state index is 0.392. The second kappa shape index (κ2) is 4.72. The first-order valence-corrected chi connectivity index (χ1v) is 3.73. The van der Waals surface area contributed by atoms with E-state index in [4.69, 9.17) is 9.47 Å². The van der Waals surface area contributed by atoms with Gasteiger partial charge in [0.25, 0.3) is 0 Å². The van der Waals surface area contributed by atoms with Crippen molar-refractivity contribution in [3.8, 4) is 5.88 Å². The molecule has 1 rings (SSSR count). The van der Waals surface area contributed by atoms with E-state index in [9.17, 15) is 0 Å². The lowest BCUT2D eigenvalue weighted by atomic mass is 10.4. The van der Waals surface area contributed by atoms with Gasteiger partial charge in [0.1, 0.15) is 0 Å². The van der Waals surface area contributed by atoms with E-state index < -0.39 is 0 Å². The van der Waals surface area contributed by atoms with Crippen LogP contribution in [0.5, 0.6) is 5.88 Å². The van der Waals surface area contributed by atoms with Crippen molar-refractivity contribution in [3.05, 3.63) is 30.8 Å². The minimum absolute atomic E-state index is 0.392. The molecule has 0 spiro atoms. The van der Waals surface area contributed by atoms with Crippen molar-refractivity contribution in [2.45, 2.75) is 6.61 Å². The van der Waals surface area contributed by atoms with Crippen LogP contribution in [0.2, 0.25) is 0 Å². The molecule has 0 saturated heterocycles. The summed E-state index contributed by atoms with van der Waals surface area (Å²) in [7, 11) is 1.64. The second-order valence-corrected chi connectivity index (χ2v) is 2.25. The van der Waals surface area contributed by atoms with E-state index in [2.05, 4.69) is 11.9 Å². The highest BCUT2D eigenvalue weighted by Crippen LogP contribution is 2.07. The number of methoxy groups -OCH3 is 1. The maximum Gasteiger partial charge on any atom is 0.213 e. The van der Waals surface area contributed by atoms with E-state index in [1.807, 2.05) is 12.1 Å². The normalized spacial score (nSPS) is 9.83. The first-order valence-electron chi connectivity index (χ1n) is 3.73. The zero-order valence-corrected chi connectivity index (χ0v) is 7.12. The summed E-state index contributed by atoms with van der Waals surface area (Å²) in [6.07, 6.45) is 0. The number of ether oxygens (including phenoxy) is 2. The zero-order chi connectivity index (χ0) is 8.81. The van der Waals surface area contributed by atoms with Crippen molar-refractivity contribution in [1.82, 2.24) is 4.98 Å². The maximum absolute atomic E-state index is 5.12. The molecule has 0 atom stereocenters. The minimum Gasteiger partial charge on any atom is -0.478 e. The number of aromatic nitrogens is 1. The lowest BCUT2D eigenvalue weighted by molar-refractivity contribution is 0.180. The molecule has 1 aromatic rings. The molecule has 1 radical (unpaired) electrons. The largest absolute Gasteiger partial charge is 0.478 e. The molecule has 0 bridgehead atoms. The van der Waals surface area contributed by atoms with Crippen molar-refractivity contribution in [1.29, 1.82) is 0 Å². The smallest absolute Gasteiger partial charge is 0.213 e. The molecule has 0 aliphatic rings. The lowest BCUT2D eigenvalue weighted by Crippen LogP contribution is -1.97. The number of nitrogens with zero attached hydrogens (tertiary/aromatic N) is 1. The Balaban J connectivity index is 2.67. The van der Waals surface area contributed by atoms with Gasteiger partial charge in [-0.3, -0.25) is 0 Å². The summed E-state index contributed by atoms with van der Waals surface area (Å²) in [6.45, 7) is 4.46. The Bertz CT molecular complexity index is 216. The van der Waals surface area contributed by atoms with Crippen molar-refractivity contribution < 1.29 is 9.47 Å². The van der Waals surface area contributed by atoms with Crippen LogP contribution in [0.3, 0.4) is 0 Å². The third-order valence-corrected chi connectivity index (χ3v) is 1.32. The van der Waals surface area contributed by atoms with Crippen LogP contribution in [-0.4, -0.2) is 18.7 Å². The molecule has 1 aromatic heterocycles. The molecule has 0 aliphatic carbocycles. The average Bonchev–Trinajstić information content (AvgIpc) is 2.06. The molecule has 0 aliphatic heterocycles. The van der Waals surface area contributed by atoms with Crippen LogP contribution < -0.4 is 4.74 Å². The monoisotopic (exact) mass is 166 g/mol. The highest BCUT2D eigenvalue weighted by atomic mass is 16.5. The first kappa shape index (κ1) is 9.00. The summed E-state index contributed by atoms with van der Waals surface area (Å²) >= 11 is 0. The van der Waals surface area contributed by atoms with E-state index in [1.54, 1.807) is 13.2 Å². The van der Waals surface area contributed by atoms with Crippen molar-refractivity contribution in [2.24, 2.45) is 0 Å². The van der Waals surface area contributed by atoms with Gasteiger partial charge in [0.15, 0.2) is 0 Å². The van der Waals surface area contributed by atoms with Crippen LogP contribution in [0.25, 0.3) is 0 Å². The lowest BCUT2D eigenvalue weighted by Gasteiger charge is -2.03. The van der Waals surface area contributed by atoms with Crippen LogP contribution in [0, 0.1) is 6.92 Å². The Morgan fingerprint density at radius 1 is 1.50 bits per heavy atom. The van der Waals surface area contributed by atoms with Gasteiger partial charge in [-0.1, -0.05) is 6.07 Å². The third-order valence-electron chi connectivity index (χ3n) is 1.32. The quantitative estimate of drug-likeness (QED) is 0.678. The molecule has 3 nitrogen and oxygen atoms in total. The Labute approximate surface area is 72.3 Å². The molecule has 1 heterocycles. The molecule has 0 saturated carbocycles. The number of rotatable bonds is 4. The van der Waals surface area contributed by atoms with Crippen molar-refractivity contribution in [2.75, 3.05) is 13.7 Å². The standard InChI is InChI=1S/C9H12NO2/c1-3-12-9-6-4-5-8(10-9)7-11-2/h4-6H,1,3,7H2,2H3. The van der Waals surface area contributed by atoms with Crippen LogP contribution in [-0.2, 0) is 11.3 Å². The third kappa shape index (κ3) is 2.51. The van der Waals surface area contributed by atoms with Gasteiger partial charge >= 0.3 is 0 Å². The van der Waals surface area contributed by atoms with Gasteiger partial charge in [0.05, 0.1) is 18.9 Å². The Hall–Kier alpha value is -1.09. The number of pyridine rings is 1. The fourth-order valence-electron chi connectivity index (χ4n) is 0.871. The fourth-order valence-corrected chi connectivity index (χ4v) is 0.871. The van der Waals surface area contributed by atoms with Gasteiger partial charge in [-0.05, 0) is 13.0 Å². The average molecular weight is 166 g/mol. The van der Waals surface area contributed by atoms with E-state index in [-0.39, 0.29) is 0 Å². The summed E-state index contributed by atoms with van der Waals surface area (Å²) in [5, 5.41) is 0. The van der Waals surface area contributed by atoms with Gasteiger partial charge in [-0.2, -0.15) is 0 Å². The Kier molecular flexibility index (Phi) is 3.54. The second-order valence-electron chi connectivity index (χ2n) is 2.25. The van der Waals surface area contributed by atoms with E-state index in [0.29, 0.717) is 19.1 Å². The predicted octanol–water partition coefficient (Wildman–Crippen LogP) is 1.44. The van der Waals surface area contributed by atoms with Gasteiger partial charge in [0.2, 0.25) is 5.88 Å². The first-order chi connectivity index (χ1) is 5.86. The van der Waals surface area contributed by atoms with Crippen LogP contribution in [0.1, 0.15) is 5.69 Å². The molecule has 65 valence electrons. The summed E-state index contributed by atoms with van der Waals surface area (Å²) in [4.78, 5) is 4.16. The predicted molar refractivity (Wildman–Crippen MR) is 45.8 cm³/mol.